The second-order valence-electron chi connectivity index (χ2n) is 17.6. The zero-order valence-corrected chi connectivity index (χ0v) is 35.9. The van der Waals surface area contributed by atoms with Gasteiger partial charge in [-0.25, -0.2) is 0 Å². The van der Waals surface area contributed by atoms with Gasteiger partial charge in [-0.05, 0) is 157 Å². The van der Waals surface area contributed by atoms with E-state index < -0.39 is 0 Å². The number of allylic oxidation sites excluding steroid dienone is 16. The van der Waals surface area contributed by atoms with E-state index >= 15 is 0 Å². The third kappa shape index (κ3) is 6.39. The number of hydrogen-bond donors (Lipinski definition) is 0. The molecule has 0 fully saturated rings. The van der Waals surface area contributed by atoms with Gasteiger partial charge in [0.1, 0.15) is 0 Å². The maximum absolute atomic E-state index is 4.42. The number of fused-ring (bicyclic) bond motifs is 7. The molecule has 61 heavy (non-hydrogen) atoms. The molecule has 1 aliphatic heterocycles. The minimum atomic E-state index is -0.126. The van der Waals surface area contributed by atoms with Gasteiger partial charge in [-0.3, -0.25) is 0 Å². The van der Waals surface area contributed by atoms with Crippen molar-refractivity contribution < 1.29 is 0 Å². The van der Waals surface area contributed by atoms with Crippen molar-refractivity contribution in [2.24, 2.45) is 5.41 Å². The standard InChI is InChI=1S/C59H49NS/c1-38-14-11-25-57(61-58-52-19-9-10-24-55(52)59(3,4)56(58)35-26-39(38)2)60(44-31-27-40(28-32-44)46-20-12-22-50-48-17-7-5-15-42(48)36-53(46)50)45-33-29-41(30-34-45)47-21-13-23-51-49-18-8-6-16-43(49)37-54(47)51/h5-8,10-18,20-29,31-33,35H,1-2,9,19,30,34,36-37H2,3-4H3/b14-11-,35-26-,57-25-. The number of nitrogens with zero attached hydrogens (tertiary/aromatic N) is 1. The van der Waals surface area contributed by atoms with E-state index in [1.807, 2.05) is 11.8 Å². The zero-order valence-electron chi connectivity index (χ0n) is 35.1. The van der Waals surface area contributed by atoms with Crippen LogP contribution in [-0.2, 0) is 12.8 Å². The predicted molar refractivity (Wildman–Crippen MR) is 261 cm³/mol. The second kappa shape index (κ2) is 15.0. The van der Waals surface area contributed by atoms with Crippen LogP contribution in [0, 0.1) is 5.41 Å². The molecule has 11 rings (SSSR count). The van der Waals surface area contributed by atoms with E-state index in [1.54, 1.807) is 0 Å². The Hall–Kier alpha value is -6.35. The Morgan fingerprint density at radius 2 is 1.20 bits per heavy atom. The van der Waals surface area contributed by atoms with Crippen molar-refractivity contribution in [1.82, 2.24) is 0 Å². The van der Waals surface area contributed by atoms with Crippen LogP contribution in [0.4, 0.5) is 5.69 Å². The van der Waals surface area contributed by atoms with Gasteiger partial charge in [-0.15, -0.1) is 0 Å². The largest absolute Gasteiger partial charge is 0.308 e. The summed E-state index contributed by atoms with van der Waals surface area (Å²) in [5.41, 5.74) is 25.0. The first-order chi connectivity index (χ1) is 29.8. The van der Waals surface area contributed by atoms with Gasteiger partial charge >= 0.3 is 0 Å². The molecular formula is C59H49NS. The Morgan fingerprint density at radius 1 is 0.557 bits per heavy atom. The van der Waals surface area contributed by atoms with Gasteiger partial charge in [0.25, 0.3) is 0 Å². The van der Waals surface area contributed by atoms with Crippen LogP contribution in [-0.4, -0.2) is 0 Å². The SMILES string of the molecule is C=C1/C=C\C=C(\N(C2=CC=C(c3cccc4c3Cc3ccccc3-4)CC2)c2ccc(-c3cccc4c3Cc3ccccc3-4)cc2)SC2=C(/C=C\C1=C)C(C)(C)C1=C2CCC=C1. The molecule has 0 atom stereocenters. The quantitative estimate of drug-likeness (QED) is 0.171. The van der Waals surface area contributed by atoms with Gasteiger partial charge < -0.3 is 4.90 Å². The van der Waals surface area contributed by atoms with Crippen molar-refractivity contribution in [3.05, 3.63) is 248 Å². The molecule has 296 valence electrons. The summed E-state index contributed by atoms with van der Waals surface area (Å²) in [5, 5.41) is 1.18. The van der Waals surface area contributed by atoms with Gasteiger partial charge in [0.15, 0.2) is 0 Å². The Labute approximate surface area is 365 Å². The molecule has 6 aliphatic rings. The first kappa shape index (κ1) is 37.6. The van der Waals surface area contributed by atoms with E-state index in [2.05, 4.69) is 196 Å². The lowest BCUT2D eigenvalue weighted by Crippen LogP contribution is -2.22. The zero-order chi connectivity index (χ0) is 41.2. The second-order valence-corrected chi connectivity index (χ2v) is 18.6. The molecule has 0 bridgehead atoms. The molecule has 0 aromatic heterocycles. The molecule has 2 heteroatoms. The fourth-order valence-electron chi connectivity index (χ4n) is 10.5. The predicted octanol–water partition coefficient (Wildman–Crippen LogP) is 15.8. The molecule has 5 aromatic carbocycles. The number of benzene rings is 5. The normalized spacial score (nSPS) is 20.3. The molecule has 0 N–H and O–H groups in total. The molecule has 1 nitrogen and oxygen atoms in total. The maximum Gasteiger partial charge on any atom is 0.0844 e. The van der Waals surface area contributed by atoms with E-state index in [9.17, 15) is 0 Å². The highest BCUT2D eigenvalue weighted by molar-refractivity contribution is 8.07. The van der Waals surface area contributed by atoms with Crippen molar-refractivity contribution in [2.75, 3.05) is 4.90 Å². The van der Waals surface area contributed by atoms with Gasteiger partial charge in [0.05, 0.1) is 5.03 Å². The van der Waals surface area contributed by atoms with Crippen molar-refractivity contribution in [2.45, 2.75) is 52.4 Å². The van der Waals surface area contributed by atoms with Crippen LogP contribution < -0.4 is 4.90 Å². The van der Waals surface area contributed by atoms with E-state index in [1.165, 1.54) is 99.1 Å². The minimum Gasteiger partial charge on any atom is -0.308 e. The molecule has 0 radical (unpaired) electrons. The highest BCUT2D eigenvalue weighted by Crippen LogP contribution is 2.56. The Balaban J connectivity index is 1.03. The summed E-state index contributed by atoms with van der Waals surface area (Å²) in [4.78, 5) is 3.91. The van der Waals surface area contributed by atoms with Crippen molar-refractivity contribution in [3.63, 3.8) is 0 Å². The fourth-order valence-corrected chi connectivity index (χ4v) is 12.0. The summed E-state index contributed by atoms with van der Waals surface area (Å²) in [7, 11) is 0. The lowest BCUT2D eigenvalue weighted by atomic mass is 9.78. The smallest absolute Gasteiger partial charge is 0.0844 e. The van der Waals surface area contributed by atoms with Crippen LogP contribution in [0.2, 0.25) is 0 Å². The van der Waals surface area contributed by atoms with Gasteiger partial charge in [-0.1, -0.05) is 178 Å². The summed E-state index contributed by atoms with van der Waals surface area (Å²) in [5.74, 6) is 0. The Morgan fingerprint density at radius 3 is 1.90 bits per heavy atom. The Kier molecular flexibility index (Phi) is 9.24. The number of rotatable bonds is 5. The minimum absolute atomic E-state index is 0.126. The van der Waals surface area contributed by atoms with Gasteiger partial charge in [0.2, 0.25) is 0 Å². The molecule has 0 amide bonds. The van der Waals surface area contributed by atoms with Crippen molar-refractivity contribution in [1.29, 1.82) is 0 Å². The van der Waals surface area contributed by atoms with Gasteiger partial charge in [0, 0.05) is 21.7 Å². The number of hydrogen-bond acceptors (Lipinski definition) is 2. The number of anilines is 1. The fraction of sp³-hybridized carbons (Fsp3) is 0.153. The molecule has 0 unspecified atom stereocenters. The molecule has 5 aliphatic carbocycles. The number of thioether (sulfide) groups is 1. The average Bonchev–Trinajstić information content (AvgIpc) is 3.93. The van der Waals surface area contributed by atoms with Crippen LogP contribution in [0.3, 0.4) is 0 Å². The molecule has 0 saturated carbocycles. The Bertz CT molecular complexity index is 2980. The summed E-state index contributed by atoms with van der Waals surface area (Å²) < 4.78 is 0. The highest BCUT2D eigenvalue weighted by atomic mass is 32.2. The summed E-state index contributed by atoms with van der Waals surface area (Å²) in [6.45, 7) is 13.6. The monoisotopic (exact) mass is 803 g/mol. The van der Waals surface area contributed by atoms with Crippen LogP contribution in [0.1, 0.15) is 67.3 Å². The summed E-state index contributed by atoms with van der Waals surface area (Å²) >= 11 is 1.92. The topological polar surface area (TPSA) is 3.24 Å². The molecular weight excluding hydrogens is 755 g/mol. The molecule has 5 aromatic rings. The summed E-state index contributed by atoms with van der Waals surface area (Å²) in [6, 6.07) is 40.8. The van der Waals surface area contributed by atoms with Crippen molar-refractivity contribution >= 4 is 23.0 Å². The summed E-state index contributed by atoms with van der Waals surface area (Å²) in [6.07, 6.45) is 26.6. The van der Waals surface area contributed by atoms with E-state index in [4.69, 9.17) is 0 Å². The van der Waals surface area contributed by atoms with Crippen LogP contribution in [0.5, 0.6) is 0 Å². The highest BCUT2D eigenvalue weighted by Gasteiger charge is 2.39. The third-order valence-corrected chi connectivity index (χ3v) is 15.0. The van der Waals surface area contributed by atoms with Crippen LogP contribution in [0.15, 0.2) is 221 Å². The lowest BCUT2D eigenvalue weighted by Gasteiger charge is -2.32. The molecule has 0 saturated heterocycles. The average molecular weight is 804 g/mol. The van der Waals surface area contributed by atoms with Crippen LogP contribution >= 0.6 is 11.8 Å². The van der Waals surface area contributed by atoms with Crippen molar-refractivity contribution in [3.8, 4) is 33.4 Å². The van der Waals surface area contributed by atoms with E-state index in [0.717, 1.165) is 55.4 Å². The van der Waals surface area contributed by atoms with Gasteiger partial charge in [-0.2, -0.15) is 0 Å². The maximum atomic E-state index is 4.42. The van der Waals surface area contributed by atoms with E-state index in [0.29, 0.717) is 0 Å². The molecule has 1 heterocycles. The first-order valence-electron chi connectivity index (χ1n) is 21.8. The first-order valence-corrected chi connectivity index (χ1v) is 22.6. The third-order valence-electron chi connectivity index (χ3n) is 13.8. The van der Waals surface area contributed by atoms with E-state index in [-0.39, 0.29) is 5.41 Å². The lowest BCUT2D eigenvalue weighted by molar-refractivity contribution is 0.572. The van der Waals surface area contributed by atoms with Crippen LogP contribution in [0.25, 0.3) is 39.0 Å². The molecule has 0 spiro atoms.